The lowest BCUT2D eigenvalue weighted by Crippen LogP contribution is -2.46. The van der Waals surface area contributed by atoms with E-state index in [0.29, 0.717) is 30.2 Å². The van der Waals surface area contributed by atoms with Crippen LogP contribution < -0.4 is 5.32 Å². The molecule has 2 aromatic rings. The van der Waals surface area contributed by atoms with Crippen molar-refractivity contribution in [3.63, 3.8) is 0 Å². The molecule has 0 saturated carbocycles. The van der Waals surface area contributed by atoms with Crippen LogP contribution in [-0.4, -0.2) is 52.6 Å². The van der Waals surface area contributed by atoms with Gasteiger partial charge in [-0.2, -0.15) is 0 Å². The van der Waals surface area contributed by atoms with Gasteiger partial charge in [-0.25, -0.2) is 4.98 Å². The summed E-state index contributed by atoms with van der Waals surface area (Å²) in [6.45, 7) is 19.9. The van der Waals surface area contributed by atoms with E-state index in [-0.39, 0.29) is 59.0 Å². The van der Waals surface area contributed by atoms with E-state index in [1.807, 2.05) is 66.7 Å². The fraction of sp³-hybridized carbons (Fsp3) is 0.658. The molecular weight excluding hydrogens is 611 g/mol. The Morgan fingerprint density at radius 1 is 1.00 bits per heavy atom. The SMILES string of the molecule is CC[C@H](C)[C@H](CC(=O)CC(C)(C)C)C(=O)N(C)[C@H](C[C@@H](OC(C)=O)c1nc(C(=O)N[C@@H](Cc2ccccc2)CC(C)C)cs1)C(C)C. The van der Waals surface area contributed by atoms with E-state index >= 15 is 0 Å². The number of thiazole rings is 1. The third-order valence-corrected chi connectivity index (χ3v) is 9.58. The topological polar surface area (TPSA) is 106 Å². The van der Waals surface area contributed by atoms with Crippen molar-refractivity contribution in [1.82, 2.24) is 15.2 Å². The number of carbonyl (C=O) groups is 4. The highest BCUT2D eigenvalue weighted by Crippen LogP contribution is 2.33. The molecule has 5 atom stereocenters. The minimum absolute atomic E-state index is 0.0300. The Balaban J connectivity index is 2.29. The Morgan fingerprint density at radius 2 is 1.64 bits per heavy atom. The number of benzene rings is 1. The maximum atomic E-state index is 14.0. The van der Waals surface area contributed by atoms with Gasteiger partial charge in [0.15, 0.2) is 6.10 Å². The zero-order valence-corrected chi connectivity index (χ0v) is 31.4. The van der Waals surface area contributed by atoms with Gasteiger partial charge in [-0.15, -0.1) is 11.3 Å². The summed E-state index contributed by atoms with van der Waals surface area (Å²) in [7, 11) is 1.78. The first kappa shape index (κ1) is 40.1. The van der Waals surface area contributed by atoms with E-state index in [4.69, 9.17) is 4.74 Å². The second-order valence-corrected chi connectivity index (χ2v) is 16.0. The number of esters is 1. The van der Waals surface area contributed by atoms with Crippen LogP contribution in [0.25, 0.3) is 0 Å². The molecule has 0 fully saturated rings. The maximum Gasteiger partial charge on any atom is 0.303 e. The molecule has 1 aromatic heterocycles. The number of ether oxygens (including phenoxy) is 1. The van der Waals surface area contributed by atoms with Crippen molar-refractivity contribution >= 4 is 34.9 Å². The van der Waals surface area contributed by atoms with Crippen LogP contribution in [0.3, 0.4) is 0 Å². The van der Waals surface area contributed by atoms with Crippen LogP contribution in [0.4, 0.5) is 0 Å². The first-order valence-corrected chi connectivity index (χ1v) is 18.0. The smallest absolute Gasteiger partial charge is 0.303 e. The van der Waals surface area contributed by atoms with Gasteiger partial charge < -0.3 is 15.0 Å². The summed E-state index contributed by atoms with van der Waals surface area (Å²) in [5, 5.41) is 5.39. The van der Waals surface area contributed by atoms with Crippen molar-refractivity contribution < 1.29 is 23.9 Å². The van der Waals surface area contributed by atoms with Crippen molar-refractivity contribution in [2.75, 3.05) is 7.05 Å². The quantitative estimate of drug-likeness (QED) is 0.161. The summed E-state index contributed by atoms with van der Waals surface area (Å²) in [4.78, 5) is 59.1. The number of carbonyl (C=O) groups excluding carboxylic acids is 4. The van der Waals surface area contributed by atoms with Gasteiger partial charge in [-0.05, 0) is 41.6 Å². The number of nitrogens with zero attached hydrogens (tertiary/aromatic N) is 2. The number of Topliss-reactive ketones (excluding diaryl/α,β-unsaturated/α-hetero) is 1. The predicted molar refractivity (Wildman–Crippen MR) is 190 cm³/mol. The molecule has 47 heavy (non-hydrogen) atoms. The first-order valence-electron chi connectivity index (χ1n) is 17.2. The summed E-state index contributed by atoms with van der Waals surface area (Å²) in [6.07, 6.45) is 2.54. The molecule has 1 aromatic carbocycles. The molecular formula is C38H59N3O5S. The van der Waals surface area contributed by atoms with Gasteiger partial charge in [-0.3, -0.25) is 19.2 Å². The lowest BCUT2D eigenvalue weighted by molar-refractivity contribution is -0.149. The highest BCUT2D eigenvalue weighted by Gasteiger charge is 2.36. The van der Waals surface area contributed by atoms with Crippen molar-refractivity contribution in [3.8, 4) is 0 Å². The molecule has 0 spiro atoms. The number of ketones is 1. The largest absolute Gasteiger partial charge is 0.455 e. The highest BCUT2D eigenvalue weighted by molar-refractivity contribution is 7.09. The highest BCUT2D eigenvalue weighted by atomic mass is 32.1. The second kappa shape index (κ2) is 18.5. The van der Waals surface area contributed by atoms with E-state index in [1.165, 1.54) is 18.3 Å². The normalized spacial score (nSPS) is 15.1. The van der Waals surface area contributed by atoms with Gasteiger partial charge in [-0.1, -0.05) is 99.1 Å². The van der Waals surface area contributed by atoms with Gasteiger partial charge in [0.2, 0.25) is 5.91 Å². The van der Waals surface area contributed by atoms with E-state index in [2.05, 4.69) is 36.3 Å². The second-order valence-electron chi connectivity index (χ2n) is 15.1. The number of rotatable bonds is 18. The Morgan fingerprint density at radius 3 is 2.17 bits per heavy atom. The van der Waals surface area contributed by atoms with Crippen LogP contribution in [0.5, 0.6) is 0 Å². The van der Waals surface area contributed by atoms with Crippen molar-refractivity contribution in [2.24, 2.45) is 29.1 Å². The van der Waals surface area contributed by atoms with Crippen LogP contribution >= 0.6 is 11.3 Å². The molecule has 8 nitrogen and oxygen atoms in total. The molecule has 0 radical (unpaired) electrons. The van der Waals surface area contributed by atoms with Crippen LogP contribution in [0.2, 0.25) is 0 Å². The van der Waals surface area contributed by atoms with Gasteiger partial charge in [0.1, 0.15) is 16.5 Å². The fourth-order valence-corrected chi connectivity index (χ4v) is 6.95. The van der Waals surface area contributed by atoms with Crippen molar-refractivity contribution in [1.29, 1.82) is 0 Å². The number of hydrogen-bond donors (Lipinski definition) is 1. The standard InChI is InChI=1S/C38H59N3O5S/c1-12-26(6)31(20-30(43)22-38(8,9)10)37(45)41(11)33(25(4)5)21-34(46-27(7)42)36-40-32(23-47-36)35(44)39-29(18-24(2)3)19-28-16-14-13-15-17-28/h13-17,23-26,29,31,33-34H,12,18-22H2,1-11H3,(H,39,44)/t26-,29+,31-,33+,34+/m0/s1. The van der Waals surface area contributed by atoms with E-state index < -0.39 is 18.0 Å². The molecule has 262 valence electrons. The number of hydrogen-bond acceptors (Lipinski definition) is 7. The Bertz CT molecular complexity index is 1300. The lowest BCUT2D eigenvalue weighted by atomic mass is 9.81. The molecule has 2 amide bonds. The summed E-state index contributed by atoms with van der Waals surface area (Å²) in [5.74, 6) is -0.676. The Hall–Kier alpha value is -3.07. The van der Waals surface area contributed by atoms with E-state index in [9.17, 15) is 19.2 Å². The number of nitrogens with one attached hydrogen (secondary N) is 1. The van der Waals surface area contributed by atoms with Gasteiger partial charge in [0.05, 0.1) is 0 Å². The molecule has 0 aliphatic rings. The van der Waals surface area contributed by atoms with E-state index in [0.717, 1.165) is 18.4 Å². The summed E-state index contributed by atoms with van der Waals surface area (Å²) < 4.78 is 5.79. The molecule has 0 aliphatic carbocycles. The minimum atomic E-state index is -0.734. The van der Waals surface area contributed by atoms with Gasteiger partial charge in [0.25, 0.3) is 5.91 Å². The Kier molecular flexibility index (Phi) is 15.8. The van der Waals surface area contributed by atoms with Crippen LogP contribution in [0.15, 0.2) is 35.7 Å². The number of aromatic nitrogens is 1. The molecule has 9 heteroatoms. The molecule has 0 unspecified atom stereocenters. The third kappa shape index (κ3) is 13.5. The number of amides is 2. The molecule has 1 heterocycles. The summed E-state index contributed by atoms with van der Waals surface area (Å²) in [5.41, 5.74) is 1.29. The van der Waals surface area contributed by atoms with Crippen molar-refractivity contribution in [2.45, 2.75) is 126 Å². The monoisotopic (exact) mass is 669 g/mol. The zero-order chi connectivity index (χ0) is 35.5. The molecule has 2 rings (SSSR count). The van der Waals surface area contributed by atoms with E-state index in [1.54, 1.807) is 17.3 Å². The Labute approximate surface area is 287 Å². The van der Waals surface area contributed by atoms with Crippen LogP contribution in [0, 0.1) is 29.1 Å². The molecule has 0 saturated heterocycles. The predicted octanol–water partition coefficient (Wildman–Crippen LogP) is 8.07. The summed E-state index contributed by atoms with van der Waals surface area (Å²) in [6, 6.07) is 9.75. The average molecular weight is 670 g/mol. The van der Waals surface area contributed by atoms with Crippen molar-refractivity contribution in [3.05, 3.63) is 52.0 Å². The summed E-state index contributed by atoms with van der Waals surface area (Å²) >= 11 is 1.28. The fourth-order valence-electron chi connectivity index (χ4n) is 6.11. The van der Waals surface area contributed by atoms with Crippen LogP contribution in [0.1, 0.15) is 129 Å². The third-order valence-electron chi connectivity index (χ3n) is 8.65. The van der Waals surface area contributed by atoms with Gasteiger partial charge >= 0.3 is 5.97 Å². The maximum absolute atomic E-state index is 14.0. The molecule has 0 bridgehead atoms. The van der Waals surface area contributed by atoms with Gasteiger partial charge in [0, 0.05) is 56.6 Å². The molecule has 1 N–H and O–H groups in total. The van der Waals surface area contributed by atoms with Crippen LogP contribution in [-0.2, 0) is 25.5 Å². The zero-order valence-electron chi connectivity index (χ0n) is 30.6. The minimum Gasteiger partial charge on any atom is -0.455 e. The average Bonchev–Trinajstić information content (AvgIpc) is 3.46. The molecule has 0 aliphatic heterocycles. The first-order chi connectivity index (χ1) is 21.9. The lowest BCUT2D eigenvalue weighted by Gasteiger charge is -2.36.